The molecule has 1 unspecified atom stereocenters. The number of nitrogens with one attached hydrogen (secondary N) is 1. The van der Waals surface area contributed by atoms with E-state index in [1.165, 1.54) is 25.7 Å². The van der Waals surface area contributed by atoms with E-state index in [2.05, 4.69) is 20.4 Å². The van der Waals surface area contributed by atoms with Crippen molar-refractivity contribution in [1.82, 2.24) is 19.7 Å². The summed E-state index contributed by atoms with van der Waals surface area (Å²) in [4.78, 5) is 23.2. The Morgan fingerprint density at radius 1 is 1.26 bits per heavy atom. The second-order valence-electron chi connectivity index (χ2n) is 7.45. The fourth-order valence-electron chi connectivity index (χ4n) is 3.94. The molecule has 3 heterocycles. The summed E-state index contributed by atoms with van der Waals surface area (Å²) in [6.07, 6.45) is 9.00. The first kappa shape index (κ1) is 17.8. The molecule has 1 atom stereocenters. The Morgan fingerprint density at radius 2 is 2.07 bits per heavy atom. The Balaban J connectivity index is 1.38. The molecule has 2 aromatic heterocycles. The van der Waals surface area contributed by atoms with Crippen molar-refractivity contribution in [3.05, 3.63) is 24.2 Å². The van der Waals surface area contributed by atoms with Crippen LogP contribution in [-0.2, 0) is 11.8 Å². The lowest BCUT2D eigenvalue weighted by Crippen LogP contribution is -2.34. The lowest BCUT2D eigenvalue weighted by molar-refractivity contribution is -0.117. The number of hydrogen-bond donors (Lipinski definition) is 1. The van der Waals surface area contributed by atoms with Crippen molar-refractivity contribution in [3.63, 3.8) is 0 Å². The fourth-order valence-corrected chi connectivity index (χ4v) is 3.94. The van der Waals surface area contributed by atoms with Gasteiger partial charge in [-0.15, -0.1) is 0 Å². The molecular formula is C19H26N6O2. The van der Waals surface area contributed by atoms with Crippen LogP contribution in [0.2, 0.25) is 0 Å². The van der Waals surface area contributed by atoms with Gasteiger partial charge in [0.05, 0.1) is 24.7 Å². The summed E-state index contributed by atoms with van der Waals surface area (Å²) in [5.74, 6) is 2.55. The van der Waals surface area contributed by atoms with Crippen LogP contribution in [0.1, 0.15) is 37.8 Å². The van der Waals surface area contributed by atoms with E-state index in [0.29, 0.717) is 37.2 Å². The molecule has 1 aliphatic carbocycles. The van der Waals surface area contributed by atoms with E-state index >= 15 is 0 Å². The van der Waals surface area contributed by atoms with Crippen LogP contribution in [0.5, 0.6) is 5.88 Å². The van der Waals surface area contributed by atoms with Crippen LogP contribution in [-0.4, -0.2) is 44.8 Å². The van der Waals surface area contributed by atoms with Gasteiger partial charge in [-0.05, 0) is 32.1 Å². The first-order valence-electron chi connectivity index (χ1n) is 9.63. The number of aryl methyl sites for hydroxylation is 2. The maximum Gasteiger partial charge on any atom is 0.250 e. The average molecular weight is 370 g/mol. The molecule has 0 aromatic carbocycles. The molecule has 27 heavy (non-hydrogen) atoms. The average Bonchev–Trinajstić information content (AvgIpc) is 3.36. The van der Waals surface area contributed by atoms with Gasteiger partial charge in [0.2, 0.25) is 5.88 Å². The maximum absolute atomic E-state index is 12.8. The Bertz CT molecular complexity index is 814. The number of ether oxygens (including phenoxy) is 1. The molecule has 0 radical (unpaired) electrons. The third-order valence-electron chi connectivity index (χ3n) is 5.34. The quantitative estimate of drug-likeness (QED) is 0.840. The predicted octanol–water partition coefficient (Wildman–Crippen LogP) is 2.30. The van der Waals surface area contributed by atoms with Crippen LogP contribution in [0.15, 0.2) is 18.5 Å². The van der Waals surface area contributed by atoms with Gasteiger partial charge in [0.15, 0.2) is 0 Å². The second kappa shape index (κ2) is 7.54. The summed E-state index contributed by atoms with van der Waals surface area (Å²) >= 11 is 0. The highest BCUT2D eigenvalue weighted by Crippen LogP contribution is 2.26. The molecule has 1 saturated heterocycles. The summed E-state index contributed by atoms with van der Waals surface area (Å²) in [5.41, 5.74) is 0.898. The summed E-state index contributed by atoms with van der Waals surface area (Å²) in [6.45, 7) is 3.27. The molecule has 0 spiro atoms. The molecule has 1 amide bonds. The lowest BCUT2D eigenvalue weighted by atomic mass is 10.1. The highest BCUT2D eigenvalue weighted by molar-refractivity contribution is 6.00. The van der Waals surface area contributed by atoms with Gasteiger partial charge in [-0.2, -0.15) is 10.1 Å². The van der Waals surface area contributed by atoms with Gasteiger partial charge >= 0.3 is 0 Å². The van der Waals surface area contributed by atoms with Crippen LogP contribution >= 0.6 is 0 Å². The smallest absolute Gasteiger partial charge is 0.250 e. The maximum atomic E-state index is 12.8. The zero-order valence-corrected chi connectivity index (χ0v) is 15.9. The van der Waals surface area contributed by atoms with E-state index in [1.54, 1.807) is 22.0 Å². The highest BCUT2D eigenvalue weighted by atomic mass is 16.5. The number of carbonyl (C=O) groups excluding carboxylic acids is 1. The van der Waals surface area contributed by atoms with Crippen molar-refractivity contribution in [1.29, 1.82) is 0 Å². The molecule has 2 aromatic rings. The van der Waals surface area contributed by atoms with E-state index in [0.717, 1.165) is 11.5 Å². The second-order valence-corrected chi connectivity index (χ2v) is 7.45. The largest absolute Gasteiger partial charge is 0.476 e. The van der Waals surface area contributed by atoms with Crippen LogP contribution in [0.25, 0.3) is 0 Å². The summed E-state index contributed by atoms with van der Waals surface area (Å²) < 4.78 is 7.55. The van der Waals surface area contributed by atoms with E-state index < -0.39 is 0 Å². The summed E-state index contributed by atoms with van der Waals surface area (Å²) in [5, 5.41) is 7.54. The zero-order valence-electron chi connectivity index (χ0n) is 15.9. The highest BCUT2D eigenvalue weighted by Gasteiger charge is 2.34. The van der Waals surface area contributed by atoms with Gasteiger partial charge in [-0.3, -0.25) is 19.4 Å². The topological polar surface area (TPSA) is 85.2 Å². The molecule has 1 aliphatic heterocycles. The van der Waals surface area contributed by atoms with Gasteiger partial charge in [-0.1, -0.05) is 12.8 Å². The third-order valence-corrected chi connectivity index (χ3v) is 5.34. The molecule has 8 nitrogen and oxygen atoms in total. The number of amides is 1. The van der Waals surface area contributed by atoms with Crippen molar-refractivity contribution < 1.29 is 9.53 Å². The molecule has 1 saturated carbocycles. The normalized spacial score (nSPS) is 20.4. The Labute approximate surface area is 158 Å². The van der Waals surface area contributed by atoms with Crippen molar-refractivity contribution in [2.24, 2.45) is 13.0 Å². The van der Waals surface area contributed by atoms with Gasteiger partial charge in [0, 0.05) is 19.7 Å². The summed E-state index contributed by atoms with van der Waals surface area (Å²) in [6, 6.07) is 1.61. The molecule has 144 valence electrons. The number of carbonyl (C=O) groups is 1. The van der Waals surface area contributed by atoms with Crippen LogP contribution in [0.4, 0.5) is 11.6 Å². The third kappa shape index (κ3) is 3.89. The number of nitrogens with zero attached hydrogens (tertiary/aromatic N) is 5. The minimum absolute atomic E-state index is 0.0251. The predicted molar refractivity (Wildman–Crippen MR) is 102 cm³/mol. The lowest BCUT2D eigenvalue weighted by Gasteiger charge is -2.17. The molecule has 2 aliphatic rings. The van der Waals surface area contributed by atoms with Crippen molar-refractivity contribution in [2.75, 3.05) is 23.4 Å². The number of rotatable bonds is 6. The standard InChI is InChI=1S/C19H26N6O2/c1-13-9-18(24(2)23-13)25-8-7-15(19(25)26)21-16-10-20-11-17(22-16)27-12-14-5-3-4-6-14/h9-11,14-15H,3-8,12H2,1-2H3,(H,21,22). The molecule has 0 bridgehead atoms. The van der Waals surface area contributed by atoms with E-state index in [1.807, 2.05) is 20.0 Å². The van der Waals surface area contributed by atoms with Crippen LogP contribution in [0.3, 0.4) is 0 Å². The van der Waals surface area contributed by atoms with Crippen molar-refractivity contribution >= 4 is 17.5 Å². The number of anilines is 2. The summed E-state index contributed by atoms with van der Waals surface area (Å²) in [7, 11) is 1.85. The number of aromatic nitrogens is 4. The molecule has 1 N–H and O–H groups in total. The Hall–Kier alpha value is -2.64. The first-order chi connectivity index (χ1) is 13.1. The fraction of sp³-hybridized carbons (Fsp3) is 0.579. The first-order valence-corrected chi connectivity index (χ1v) is 9.63. The van der Waals surface area contributed by atoms with Crippen molar-refractivity contribution in [2.45, 2.75) is 45.1 Å². The SMILES string of the molecule is Cc1cc(N2CCC(Nc3cncc(OCC4CCCC4)n3)C2=O)n(C)n1. The molecule has 8 heteroatoms. The molecular weight excluding hydrogens is 344 g/mol. The number of hydrogen-bond acceptors (Lipinski definition) is 6. The molecule has 4 rings (SSSR count). The Kier molecular flexibility index (Phi) is 4.96. The Morgan fingerprint density at radius 3 is 2.81 bits per heavy atom. The van der Waals surface area contributed by atoms with Gasteiger partial charge < -0.3 is 10.1 Å². The van der Waals surface area contributed by atoms with Crippen molar-refractivity contribution in [3.8, 4) is 5.88 Å². The zero-order chi connectivity index (χ0) is 18.8. The van der Waals surface area contributed by atoms with Gasteiger partial charge in [0.25, 0.3) is 5.91 Å². The molecule has 2 fully saturated rings. The van der Waals surface area contributed by atoms with Crippen LogP contribution < -0.4 is 15.0 Å². The van der Waals surface area contributed by atoms with E-state index in [4.69, 9.17) is 4.74 Å². The van der Waals surface area contributed by atoms with Crippen LogP contribution in [0, 0.1) is 12.8 Å². The van der Waals surface area contributed by atoms with E-state index in [9.17, 15) is 4.79 Å². The van der Waals surface area contributed by atoms with Gasteiger partial charge in [-0.25, -0.2) is 0 Å². The minimum atomic E-state index is -0.320. The van der Waals surface area contributed by atoms with E-state index in [-0.39, 0.29) is 11.9 Å². The minimum Gasteiger partial charge on any atom is -0.476 e. The monoisotopic (exact) mass is 370 g/mol. The van der Waals surface area contributed by atoms with Gasteiger partial charge in [0.1, 0.15) is 17.7 Å².